The van der Waals surface area contributed by atoms with Crippen LogP contribution in [0, 0.1) is 11.3 Å². The Kier molecular flexibility index (Phi) is 6.19. The second kappa shape index (κ2) is 9.44. The number of aromatic nitrogens is 2. The second-order valence-electron chi connectivity index (χ2n) is 9.67. The Bertz CT molecular complexity index is 1450. The number of pyridine rings is 1. The average Bonchev–Trinajstić information content (AvgIpc) is 3.11. The zero-order chi connectivity index (χ0) is 24.5. The summed E-state index contributed by atoms with van der Waals surface area (Å²) in [5.74, 6) is 0. The molecule has 2 aromatic heterocycles. The standard InChI is InChI=1S/C29H31N5O/c1-19(2)31-20(3)32-22-12-10-21(11-13-22)29-26(18-30)25-15-14-24(33-16-5-4-9-28(33)35)17-27(25)34(29)23-7-6-8-23/h4-5,9-17,19-20,23,31-32H,6-8H2,1-3H3. The van der Waals surface area contributed by atoms with Crippen molar-refractivity contribution in [1.29, 1.82) is 5.26 Å². The Hall–Kier alpha value is -3.82. The van der Waals surface area contributed by atoms with E-state index < -0.39 is 0 Å². The Morgan fingerprint density at radius 2 is 1.80 bits per heavy atom. The molecule has 1 atom stereocenters. The second-order valence-corrected chi connectivity index (χ2v) is 9.67. The summed E-state index contributed by atoms with van der Waals surface area (Å²) < 4.78 is 3.98. The van der Waals surface area contributed by atoms with Crippen LogP contribution in [0.25, 0.3) is 27.8 Å². The molecule has 6 heteroatoms. The maximum atomic E-state index is 12.5. The molecule has 1 fully saturated rings. The van der Waals surface area contributed by atoms with E-state index in [1.165, 1.54) is 6.42 Å². The van der Waals surface area contributed by atoms with E-state index in [9.17, 15) is 10.1 Å². The van der Waals surface area contributed by atoms with Gasteiger partial charge >= 0.3 is 0 Å². The zero-order valence-corrected chi connectivity index (χ0v) is 20.5. The van der Waals surface area contributed by atoms with Crippen LogP contribution in [0.4, 0.5) is 5.69 Å². The summed E-state index contributed by atoms with van der Waals surface area (Å²) in [6.45, 7) is 6.36. The monoisotopic (exact) mass is 465 g/mol. The lowest BCUT2D eigenvalue weighted by Gasteiger charge is -2.30. The van der Waals surface area contributed by atoms with Crippen LogP contribution in [-0.4, -0.2) is 21.3 Å². The van der Waals surface area contributed by atoms with Gasteiger partial charge in [0.2, 0.25) is 0 Å². The van der Waals surface area contributed by atoms with Crippen LogP contribution in [0.3, 0.4) is 0 Å². The van der Waals surface area contributed by atoms with E-state index in [1.807, 2.05) is 18.2 Å². The zero-order valence-electron chi connectivity index (χ0n) is 20.5. The summed E-state index contributed by atoms with van der Waals surface area (Å²) in [5.41, 5.74) is 5.45. The summed E-state index contributed by atoms with van der Waals surface area (Å²) in [7, 11) is 0. The molecule has 1 aliphatic carbocycles. The number of anilines is 1. The Morgan fingerprint density at radius 1 is 1.03 bits per heavy atom. The highest BCUT2D eigenvalue weighted by molar-refractivity contribution is 5.96. The van der Waals surface area contributed by atoms with Crippen molar-refractivity contribution >= 4 is 16.6 Å². The van der Waals surface area contributed by atoms with Crippen molar-refractivity contribution in [2.45, 2.75) is 58.3 Å². The molecule has 5 rings (SSSR count). The summed E-state index contributed by atoms with van der Waals surface area (Å²) in [6.07, 6.45) is 5.31. The van der Waals surface area contributed by atoms with E-state index >= 15 is 0 Å². The molecule has 0 radical (unpaired) electrons. The molecular weight excluding hydrogens is 434 g/mol. The van der Waals surface area contributed by atoms with Crippen molar-refractivity contribution in [2.24, 2.45) is 0 Å². The smallest absolute Gasteiger partial charge is 0.255 e. The molecule has 178 valence electrons. The first-order valence-corrected chi connectivity index (χ1v) is 12.4. The van der Waals surface area contributed by atoms with Crippen LogP contribution in [-0.2, 0) is 0 Å². The summed E-state index contributed by atoms with van der Waals surface area (Å²) >= 11 is 0. The van der Waals surface area contributed by atoms with E-state index in [0.717, 1.165) is 46.4 Å². The average molecular weight is 466 g/mol. The van der Waals surface area contributed by atoms with Crippen LogP contribution < -0.4 is 16.2 Å². The van der Waals surface area contributed by atoms with Crippen molar-refractivity contribution in [2.75, 3.05) is 5.32 Å². The van der Waals surface area contributed by atoms with Crippen molar-refractivity contribution in [3.63, 3.8) is 0 Å². The van der Waals surface area contributed by atoms with E-state index in [1.54, 1.807) is 22.9 Å². The first kappa shape index (κ1) is 22.9. The largest absolute Gasteiger partial charge is 0.370 e. The van der Waals surface area contributed by atoms with Gasteiger partial charge < -0.3 is 9.88 Å². The van der Waals surface area contributed by atoms with Gasteiger partial charge in [-0.15, -0.1) is 0 Å². The van der Waals surface area contributed by atoms with Crippen LogP contribution in [0.1, 0.15) is 51.6 Å². The van der Waals surface area contributed by atoms with Crippen LogP contribution >= 0.6 is 0 Å². The number of benzene rings is 2. The lowest BCUT2D eigenvalue weighted by atomic mass is 9.92. The molecule has 2 N–H and O–H groups in total. The summed E-state index contributed by atoms with van der Waals surface area (Å²) in [6, 6.07) is 22.7. The molecule has 6 nitrogen and oxygen atoms in total. The van der Waals surface area contributed by atoms with Gasteiger partial charge in [0.05, 0.1) is 28.6 Å². The number of nitrogens with one attached hydrogen (secondary N) is 2. The fourth-order valence-corrected chi connectivity index (χ4v) is 5.03. The highest BCUT2D eigenvalue weighted by atomic mass is 16.1. The van der Waals surface area contributed by atoms with Crippen LogP contribution in [0.5, 0.6) is 0 Å². The van der Waals surface area contributed by atoms with Crippen molar-refractivity contribution in [1.82, 2.24) is 14.5 Å². The number of nitriles is 1. The van der Waals surface area contributed by atoms with Gasteiger partial charge in [0.1, 0.15) is 6.07 Å². The molecule has 0 saturated heterocycles. The molecule has 2 aromatic carbocycles. The molecule has 1 saturated carbocycles. The van der Waals surface area contributed by atoms with Crippen LogP contribution in [0.15, 0.2) is 71.7 Å². The van der Waals surface area contributed by atoms with Gasteiger partial charge in [-0.1, -0.05) is 18.2 Å². The molecule has 2 heterocycles. The predicted octanol–water partition coefficient (Wildman–Crippen LogP) is 5.81. The minimum atomic E-state index is -0.0707. The first-order valence-electron chi connectivity index (χ1n) is 12.4. The number of nitrogens with zero attached hydrogens (tertiary/aromatic N) is 3. The molecule has 1 aliphatic rings. The molecule has 4 aromatic rings. The molecule has 35 heavy (non-hydrogen) atoms. The number of hydrogen-bond donors (Lipinski definition) is 2. The lowest BCUT2D eigenvalue weighted by molar-refractivity contribution is 0.324. The highest BCUT2D eigenvalue weighted by Crippen LogP contribution is 2.43. The minimum absolute atomic E-state index is 0.0707. The Balaban J connectivity index is 1.62. The van der Waals surface area contributed by atoms with Crippen molar-refractivity contribution in [3.8, 4) is 23.0 Å². The van der Waals surface area contributed by atoms with E-state index in [-0.39, 0.29) is 11.7 Å². The summed E-state index contributed by atoms with van der Waals surface area (Å²) in [5, 5.41) is 18.1. The SMILES string of the molecule is CC(C)NC(C)Nc1ccc(-c2c(C#N)c3ccc(-n4ccccc4=O)cc3n2C2CCC2)cc1. The quantitative estimate of drug-likeness (QED) is 0.338. The van der Waals surface area contributed by atoms with Gasteiger partial charge in [-0.3, -0.25) is 14.7 Å². The van der Waals surface area contributed by atoms with Crippen LogP contribution in [0.2, 0.25) is 0 Å². The summed E-state index contributed by atoms with van der Waals surface area (Å²) in [4.78, 5) is 12.5. The third kappa shape index (κ3) is 4.36. The van der Waals surface area contributed by atoms with Gasteiger partial charge in [-0.25, -0.2) is 0 Å². The van der Waals surface area contributed by atoms with E-state index in [0.29, 0.717) is 17.6 Å². The van der Waals surface area contributed by atoms with Gasteiger partial charge in [0.15, 0.2) is 0 Å². The first-order chi connectivity index (χ1) is 17.0. The number of rotatable bonds is 7. The maximum absolute atomic E-state index is 12.5. The molecule has 0 bridgehead atoms. The molecule has 0 spiro atoms. The van der Waals surface area contributed by atoms with Crippen molar-refractivity contribution in [3.05, 3.63) is 82.8 Å². The molecule has 1 unspecified atom stereocenters. The Labute approximate surface area is 205 Å². The number of fused-ring (bicyclic) bond motifs is 1. The maximum Gasteiger partial charge on any atom is 0.255 e. The van der Waals surface area contributed by atoms with Gasteiger partial charge in [-0.2, -0.15) is 5.26 Å². The lowest BCUT2D eigenvalue weighted by Crippen LogP contribution is -2.37. The molecule has 0 aliphatic heterocycles. The third-order valence-electron chi connectivity index (χ3n) is 6.77. The minimum Gasteiger partial charge on any atom is -0.370 e. The molecule has 0 amide bonds. The normalized spacial score (nSPS) is 14.6. The van der Waals surface area contributed by atoms with E-state index in [2.05, 4.69) is 72.4 Å². The van der Waals surface area contributed by atoms with Crippen molar-refractivity contribution < 1.29 is 0 Å². The molecular formula is C29H31N5O. The van der Waals surface area contributed by atoms with E-state index in [4.69, 9.17) is 0 Å². The fourth-order valence-electron chi connectivity index (χ4n) is 5.03. The Morgan fingerprint density at radius 3 is 2.43 bits per heavy atom. The van der Waals surface area contributed by atoms with Gasteiger partial charge in [-0.05, 0) is 82.0 Å². The topological polar surface area (TPSA) is 74.8 Å². The number of hydrogen-bond acceptors (Lipinski definition) is 4. The third-order valence-corrected chi connectivity index (χ3v) is 6.77. The van der Waals surface area contributed by atoms with Gasteiger partial charge in [0, 0.05) is 35.4 Å². The highest BCUT2D eigenvalue weighted by Gasteiger charge is 2.28. The predicted molar refractivity (Wildman–Crippen MR) is 142 cm³/mol. The fraction of sp³-hybridized carbons (Fsp3) is 0.310. The van der Waals surface area contributed by atoms with Gasteiger partial charge in [0.25, 0.3) is 5.56 Å².